The summed E-state index contributed by atoms with van der Waals surface area (Å²) in [5, 5.41) is 10.9. The van der Waals surface area contributed by atoms with E-state index in [0.717, 1.165) is 5.56 Å². The van der Waals surface area contributed by atoms with Gasteiger partial charge in [0.2, 0.25) is 0 Å². The summed E-state index contributed by atoms with van der Waals surface area (Å²) in [7, 11) is 0. The lowest BCUT2D eigenvalue weighted by atomic mass is 10.0. The summed E-state index contributed by atoms with van der Waals surface area (Å²) in [5.41, 5.74) is 2.17. The molecule has 0 aliphatic carbocycles. The molecule has 0 spiro atoms. The van der Waals surface area contributed by atoms with E-state index >= 15 is 0 Å². The Bertz CT molecular complexity index is 687. The lowest BCUT2D eigenvalue weighted by molar-refractivity contribution is -0.114. The summed E-state index contributed by atoms with van der Waals surface area (Å²) in [6.07, 6.45) is 3.53. The van der Waals surface area contributed by atoms with Crippen molar-refractivity contribution in [1.82, 2.24) is 4.98 Å². The molecule has 1 aromatic carbocycles. The number of carbonyl (C=O) groups is 1. The first-order valence-electron chi connectivity index (χ1n) is 6.13. The van der Waals surface area contributed by atoms with Gasteiger partial charge in [0.05, 0.1) is 9.95 Å². The van der Waals surface area contributed by atoms with Gasteiger partial charge in [0.15, 0.2) is 5.78 Å². The van der Waals surface area contributed by atoms with Crippen molar-refractivity contribution in [1.29, 1.82) is 5.41 Å². The largest absolute Gasteiger partial charge is 0.297 e. The van der Waals surface area contributed by atoms with Gasteiger partial charge in [0.1, 0.15) is 10.9 Å². The van der Waals surface area contributed by atoms with Crippen LogP contribution in [0.5, 0.6) is 0 Å². The van der Waals surface area contributed by atoms with Crippen molar-refractivity contribution >= 4 is 40.0 Å². The molecule has 0 saturated carbocycles. The molecule has 1 N–H and O–H groups in total. The van der Waals surface area contributed by atoms with Gasteiger partial charge >= 0.3 is 0 Å². The standard InChI is InChI=1S/C15H12N2OS2/c1-9-2-4-10(5-3-9)8-11-13(18)12(14(16)20-11)15-17-6-7-19-15/h2-8,12,16H,1H3/b11-8-,16-14?/t12-/m1/s1. The summed E-state index contributed by atoms with van der Waals surface area (Å²) in [5.74, 6) is -0.521. The second kappa shape index (κ2) is 5.34. The number of allylic oxidation sites excluding steroid dienone is 1. The minimum Gasteiger partial charge on any atom is -0.297 e. The van der Waals surface area contributed by atoms with Gasteiger partial charge in [-0.3, -0.25) is 10.2 Å². The highest BCUT2D eigenvalue weighted by atomic mass is 32.2. The molecule has 1 fully saturated rings. The monoisotopic (exact) mass is 300 g/mol. The predicted molar refractivity (Wildman–Crippen MR) is 84.3 cm³/mol. The summed E-state index contributed by atoms with van der Waals surface area (Å²) in [4.78, 5) is 17.2. The van der Waals surface area contributed by atoms with E-state index in [1.54, 1.807) is 6.20 Å². The van der Waals surface area contributed by atoms with Crippen LogP contribution in [0.3, 0.4) is 0 Å². The molecule has 2 heterocycles. The summed E-state index contributed by atoms with van der Waals surface area (Å²) in [6.45, 7) is 2.03. The van der Waals surface area contributed by atoms with Crippen molar-refractivity contribution in [2.24, 2.45) is 0 Å². The number of nitrogens with one attached hydrogen (secondary N) is 1. The molecular formula is C15H12N2OS2. The van der Waals surface area contributed by atoms with Gasteiger partial charge in [-0.25, -0.2) is 4.98 Å². The Kier molecular flexibility index (Phi) is 3.54. The molecule has 1 saturated heterocycles. The number of rotatable bonds is 2. The van der Waals surface area contributed by atoms with E-state index in [0.29, 0.717) is 15.0 Å². The molecule has 1 aliphatic rings. The van der Waals surface area contributed by atoms with Crippen molar-refractivity contribution in [3.05, 3.63) is 56.9 Å². The topological polar surface area (TPSA) is 53.8 Å². The van der Waals surface area contributed by atoms with Gasteiger partial charge in [-0.15, -0.1) is 11.3 Å². The van der Waals surface area contributed by atoms with Crippen LogP contribution >= 0.6 is 23.1 Å². The van der Waals surface area contributed by atoms with Crippen molar-refractivity contribution in [3.63, 3.8) is 0 Å². The average molecular weight is 300 g/mol. The molecule has 0 amide bonds. The Balaban J connectivity index is 1.91. The van der Waals surface area contributed by atoms with Gasteiger partial charge in [0.25, 0.3) is 0 Å². The highest BCUT2D eigenvalue weighted by Gasteiger charge is 2.38. The lowest BCUT2D eigenvalue weighted by Crippen LogP contribution is -2.11. The third-order valence-electron chi connectivity index (χ3n) is 3.06. The molecule has 5 heteroatoms. The van der Waals surface area contributed by atoms with E-state index in [1.165, 1.54) is 28.7 Å². The van der Waals surface area contributed by atoms with Crippen molar-refractivity contribution < 1.29 is 4.79 Å². The molecule has 1 aliphatic heterocycles. The molecule has 3 nitrogen and oxygen atoms in total. The Morgan fingerprint density at radius 1 is 1.30 bits per heavy atom. The molecule has 1 aromatic heterocycles. The smallest absolute Gasteiger partial charge is 0.186 e. The Hall–Kier alpha value is -1.72. The molecule has 2 aromatic rings. The number of carbonyl (C=O) groups excluding carboxylic acids is 1. The van der Waals surface area contributed by atoms with Gasteiger partial charge < -0.3 is 0 Å². The lowest BCUT2D eigenvalue weighted by Gasteiger charge is -2.01. The first kappa shape index (κ1) is 13.3. The first-order chi connectivity index (χ1) is 9.65. The van der Waals surface area contributed by atoms with Crippen LogP contribution in [-0.2, 0) is 4.79 Å². The van der Waals surface area contributed by atoms with Gasteiger partial charge in [-0.2, -0.15) is 0 Å². The van der Waals surface area contributed by atoms with Crippen LogP contribution < -0.4 is 0 Å². The number of nitrogens with zero attached hydrogens (tertiary/aromatic N) is 1. The molecule has 0 radical (unpaired) electrons. The second-order valence-electron chi connectivity index (χ2n) is 4.55. The summed E-state index contributed by atoms with van der Waals surface area (Å²) < 4.78 is 0. The fraction of sp³-hybridized carbons (Fsp3) is 0.133. The normalized spacial score (nSPS) is 20.9. The SMILES string of the molecule is Cc1ccc(/C=C2\SC(=N)[C@H](c3nccs3)C2=O)cc1. The zero-order valence-electron chi connectivity index (χ0n) is 10.8. The van der Waals surface area contributed by atoms with Gasteiger partial charge in [0, 0.05) is 11.6 Å². The zero-order valence-corrected chi connectivity index (χ0v) is 12.4. The number of aryl methyl sites for hydroxylation is 1. The van der Waals surface area contributed by atoms with Crippen LogP contribution in [0.4, 0.5) is 0 Å². The number of ketones is 1. The highest BCUT2D eigenvalue weighted by molar-refractivity contribution is 8.19. The number of thioether (sulfide) groups is 1. The zero-order chi connectivity index (χ0) is 14.1. The molecule has 0 unspecified atom stereocenters. The third kappa shape index (κ3) is 2.46. The molecule has 20 heavy (non-hydrogen) atoms. The maximum Gasteiger partial charge on any atom is 0.186 e. The molecule has 1 atom stereocenters. The van der Waals surface area contributed by atoms with Gasteiger partial charge in [-0.05, 0) is 18.6 Å². The van der Waals surface area contributed by atoms with Crippen LogP contribution in [0.2, 0.25) is 0 Å². The van der Waals surface area contributed by atoms with E-state index in [2.05, 4.69) is 4.98 Å². The second-order valence-corrected chi connectivity index (χ2v) is 6.56. The fourth-order valence-electron chi connectivity index (χ4n) is 2.00. The van der Waals surface area contributed by atoms with E-state index < -0.39 is 5.92 Å². The van der Waals surface area contributed by atoms with E-state index in [-0.39, 0.29) is 5.78 Å². The van der Waals surface area contributed by atoms with Crippen molar-refractivity contribution in [2.45, 2.75) is 12.8 Å². The fourth-order valence-corrected chi connectivity index (χ4v) is 3.81. The Morgan fingerprint density at radius 3 is 2.70 bits per heavy atom. The number of aromatic nitrogens is 1. The van der Waals surface area contributed by atoms with E-state index in [1.807, 2.05) is 42.6 Å². The maximum absolute atomic E-state index is 12.4. The Labute approximate surface area is 125 Å². The number of thiazole rings is 1. The number of hydrogen-bond donors (Lipinski definition) is 1. The maximum atomic E-state index is 12.4. The van der Waals surface area contributed by atoms with E-state index in [9.17, 15) is 4.79 Å². The van der Waals surface area contributed by atoms with Crippen LogP contribution in [0.1, 0.15) is 22.1 Å². The quantitative estimate of drug-likeness (QED) is 0.857. The first-order valence-corrected chi connectivity index (χ1v) is 7.83. The molecule has 3 rings (SSSR count). The van der Waals surface area contributed by atoms with Crippen molar-refractivity contribution in [3.8, 4) is 0 Å². The molecule has 0 bridgehead atoms. The van der Waals surface area contributed by atoms with Crippen LogP contribution in [0, 0.1) is 12.3 Å². The Morgan fingerprint density at radius 2 is 2.05 bits per heavy atom. The summed E-state index contributed by atoms with van der Waals surface area (Å²) in [6, 6.07) is 7.99. The number of Topliss-reactive ketones (excluding diaryl/α,β-unsaturated/α-hetero) is 1. The number of benzene rings is 1. The minimum atomic E-state index is -0.503. The van der Waals surface area contributed by atoms with Crippen LogP contribution in [0.25, 0.3) is 6.08 Å². The minimum absolute atomic E-state index is 0.0180. The third-order valence-corrected chi connectivity index (χ3v) is 4.90. The van der Waals surface area contributed by atoms with Crippen LogP contribution in [0.15, 0.2) is 40.7 Å². The predicted octanol–water partition coefficient (Wildman–Crippen LogP) is 3.87. The average Bonchev–Trinajstić information content (AvgIpc) is 3.02. The molecular weight excluding hydrogens is 288 g/mol. The van der Waals surface area contributed by atoms with Crippen molar-refractivity contribution in [2.75, 3.05) is 0 Å². The number of hydrogen-bond acceptors (Lipinski definition) is 5. The highest BCUT2D eigenvalue weighted by Crippen LogP contribution is 2.41. The molecule has 100 valence electrons. The summed E-state index contributed by atoms with van der Waals surface area (Å²) >= 11 is 2.67. The van der Waals surface area contributed by atoms with Gasteiger partial charge in [-0.1, -0.05) is 41.6 Å². The van der Waals surface area contributed by atoms with Crippen LogP contribution in [-0.4, -0.2) is 15.8 Å². The van der Waals surface area contributed by atoms with E-state index in [4.69, 9.17) is 5.41 Å².